The summed E-state index contributed by atoms with van der Waals surface area (Å²) in [5.41, 5.74) is 0.118. The van der Waals surface area contributed by atoms with Crippen LogP contribution >= 0.6 is 11.3 Å². The highest BCUT2D eigenvalue weighted by Crippen LogP contribution is 2.31. The smallest absolute Gasteiger partial charge is 0.226 e. The minimum absolute atomic E-state index is 0.118. The fourth-order valence-electron chi connectivity index (χ4n) is 2.45. The third kappa shape index (κ3) is 2.87. The van der Waals surface area contributed by atoms with Crippen LogP contribution < -0.4 is 10.6 Å². The van der Waals surface area contributed by atoms with Crippen LogP contribution in [0.15, 0.2) is 11.4 Å². The lowest BCUT2D eigenvalue weighted by Gasteiger charge is -2.32. The number of fused-ring (bicyclic) bond motifs is 1. The zero-order chi connectivity index (χ0) is 14.6. The van der Waals surface area contributed by atoms with Crippen LogP contribution in [0.4, 0.5) is 11.8 Å². The molecule has 2 N–H and O–H groups in total. The molecule has 0 aliphatic rings. The largest absolute Gasteiger partial charge is 0.364 e. The maximum atomic E-state index is 4.66. The molecule has 2 aromatic heterocycles. The van der Waals surface area contributed by atoms with Crippen LogP contribution in [0.1, 0.15) is 47.0 Å². The molecule has 0 aliphatic heterocycles. The van der Waals surface area contributed by atoms with Gasteiger partial charge in [0, 0.05) is 12.1 Å². The first kappa shape index (κ1) is 15.0. The lowest BCUT2D eigenvalue weighted by Crippen LogP contribution is -2.36. The van der Waals surface area contributed by atoms with Gasteiger partial charge in [-0.2, -0.15) is 4.98 Å². The highest BCUT2D eigenvalue weighted by molar-refractivity contribution is 7.16. The number of thiophene rings is 1. The summed E-state index contributed by atoms with van der Waals surface area (Å²) in [5.74, 6) is 1.67. The monoisotopic (exact) mass is 292 g/mol. The average molecular weight is 292 g/mol. The Morgan fingerprint density at radius 3 is 2.40 bits per heavy atom. The van der Waals surface area contributed by atoms with E-state index in [4.69, 9.17) is 0 Å². The van der Waals surface area contributed by atoms with Crippen LogP contribution in [0.5, 0.6) is 0 Å². The molecule has 110 valence electrons. The molecule has 20 heavy (non-hydrogen) atoms. The second kappa shape index (κ2) is 6.39. The predicted octanol–water partition coefficient (Wildman–Crippen LogP) is 4.50. The van der Waals surface area contributed by atoms with E-state index in [0.29, 0.717) is 5.95 Å². The molecule has 4 nitrogen and oxygen atoms in total. The van der Waals surface area contributed by atoms with Crippen LogP contribution in [0.25, 0.3) is 10.2 Å². The average Bonchev–Trinajstić information content (AvgIpc) is 2.94. The number of anilines is 2. The second-order valence-corrected chi connectivity index (χ2v) is 5.93. The lowest BCUT2D eigenvalue weighted by molar-refractivity contribution is 0.419. The summed E-state index contributed by atoms with van der Waals surface area (Å²) < 4.78 is 0. The van der Waals surface area contributed by atoms with Crippen molar-refractivity contribution in [2.24, 2.45) is 0 Å². The van der Waals surface area contributed by atoms with Crippen molar-refractivity contribution in [1.82, 2.24) is 9.97 Å². The van der Waals surface area contributed by atoms with E-state index in [0.717, 1.165) is 41.8 Å². The van der Waals surface area contributed by atoms with Crippen LogP contribution in [-0.2, 0) is 0 Å². The first-order chi connectivity index (χ1) is 9.68. The van der Waals surface area contributed by atoms with E-state index in [1.54, 1.807) is 11.3 Å². The van der Waals surface area contributed by atoms with Crippen molar-refractivity contribution in [1.29, 1.82) is 0 Å². The molecule has 5 heteroatoms. The molecule has 2 aromatic rings. The van der Waals surface area contributed by atoms with Gasteiger partial charge >= 0.3 is 0 Å². The molecule has 0 aromatic carbocycles. The number of nitrogens with one attached hydrogen (secondary N) is 2. The van der Waals surface area contributed by atoms with Gasteiger partial charge in [-0.15, -0.1) is 11.3 Å². The number of nitrogens with zero attached hydrogens (tertiary/aromatic N) is 2. The van der Waals surface area contributed by atoms with Gasteiger partial charge in [-0.1, -0.05) is 20.8 Å². The van der Waals surface area contributed by atoms with Gasteiger partial charge in [0.1, 0.15) is 10.6 Å². The van der Waals surface area contributed by atoms with Crippen LogP contribution in [0, 0.1) is 0 Å². The Balaban J connectivity index is 2.43. The van der Waals surface area contributed by atoms with E-state index >= 15 is 0 Å². The quantitative estimate of drug-likeness (QED) is 0.788. The Labute approximate surface area is 125 Å². The standard InChI is InChI=1S/C15H24N4S/c1-5-15(6-2,7-3)19-12-11-9-10-20-13(11)18-14(17-12)16-8-4/h9-10H,5-8H2,1-4H3,(H2,16,17,18,19). The molecule has 0 fully saturated rings. The number of hydrogen-bond acceptors (Lipinski definition) is 5. The normalized spacial score (nSPS) is 11.8. The van der Waals surface area contributed by atoms with E-state index in [9.17, 15) is 0 Å². The van der Waals surface area contributed by atoms with Crippen molar-refractivity contribution in [2.45, 2.75) is 52.5 Å². The van der Waals surface area contributed by atoms with Gasteiger partial charge in [-0.3, -0.25) is 0 Å². The van der Waals surface area contributed by atoms with Gasteiger partial charge in [0.15, 0.2) is 0 Å². The molecule has 0 amide bonds. The predicted molar refractivity (Wildman–Crippen MR) is 88.8 cm³/mol. The Bertz CT molecular complexity index is 552. The summed E-state index contributed by atoms with van der Waals surface area (Å²) in [5, 5.41) is 10.1. The molecule has 0 saturated heterocycles. The highest BCUT2D eigenvalue weighted by Gasteiger charge is 2.25. The van der Waals surface area contributed by atoms with E-state index in [1.165, 1.54) is 0 Å². The topological polar surface area (TPSA) is 49.8 Å². The molecule has 0 unspecified atom stereocenters. The van der Waals surface area contributed by atoms with Crippen molar-refractivity contribution >= 4 is 33.3 Å². The minimum Gasteiger partial charge on any atom is -0.364 e. The third-order valence-corrected chi connectivity index (χ3v) is 4.88. The van der Waals surface area contributed by atoms with E-state index in [2.05, 4.69) is 59.7 Å². The Morgan fingerprint density at radius 2 is 1.80 bits per heavy atom. The molecule has 0 atom stereocenters. The Kier molecular flexibility index (Phi) is 4.81. The zero-order valence-electron chi connectivity index (χ0n) is 12.8. The highest BCUT2D eigenvalue weighted by atomic mass is 32.1. The van der Waals surface area contributed by atoms with Gasteiger partial charge in [-0.05, 0) is 37.6 Å². The van der Waals surface area contributed by atoms with E-state index < -0.39 is 0 Å². The fraction of sp³-hybridized carbons (Fsp3) is 0.600. The molecule has 2 rings (SSSR count). The van der Waals surface area contributed by atoms with Crippen LogP contribution in [0.3, 0.4) is 0 Å². The molecular formula is C15H24N4S. The van der Waals surface area contributed by atoms with Gasteiger partial charge in [0.05, 0.1) is 5.39 Å². The molecule has 2 heterocycles. The Morgan fingerprint density at radius 1 is 1.10 bits per heavy atom. The minimum atomic E-state index is 0.118. The van der Waals surface area contributed by atoms with Gasteiger partial charge in [0.25, 0.3) is 0 Å². The van der Waals surface area contributed by atoms with Crippen molar-refractivity contribution in [3.05, 3.63) is 11.4 Å². The zero-order valence-corrected chi connectivity index (χ0v) is 13.6. The molecule has 0 aliphatic carbocycles. The Hall–Kier alpha value is -1.36. The van der Waals surface area contributed by atoms with Crippen molar-refractivity contribution in [3.8, 4) is 0 Å². The number of hydrogen-bond donors (Lipinski definition) is 2. The number of rotatable bonds is 7. The molecule has 0 radical (unpaired) electrons. The van der Waals surface area contributed by atoms with E-state index in [1.807, 2.05) is 0 Å². The van der Waals surface area contributed by atoms with Crippen LogP contribution in [-0.4, -0.2) is 22.1 Å². The van der Waals surface area contributed by atoms with Gasteiger partial charge in [0.2, 0.25) is 5.95 Å². The van der Waals surface area contributed by atoms with Crippen LogP contribution in [0.2, 0.25) is 0 Å². The first-order valence-corrected chi connectivity index (χ1v) is 8.33. The molecular weight excluding hydrogens is 268 g/mol. The van der Waals surface area contributed by atoms with E-state index in [-0.39, 0.29) is 5.54 Å². The fourth-order valence-corrected chi connectivity index (χ4v) is 3.22. The summed E-state index contributed by atoms with van der Waals surface area (Å²) in [6, 6.07) is 2.10. The summed E-state index contributed by atoms with van der Waals surface area (Å²) in [7, 11) is 0. The molecule has 0 bridgehead atoms. The maximum absolute atomic E-state index is 4.66. The first-order valence-electron chi connectivity index (χ1n) is 7.45. The van der Waals surface area contributed by atoms with Gasteiger partial charge in [-0.25, -0.2) is 4.98 Å². The van der Waals surface area contributed by atoms with Gasteiger partial charge < -0.3 is 10.6 Å². The van der Waals surface area contributed by atoms with Crippen molar-refractivity contribution < 1.29 is 0 Å². The van der Waals surface area contributed by atoms with Crippen molar-refractivity contribution in [2.75, 3.05) is 17.2 Å². The summed E-state index contributed by atoms with van der Waals surface area (Å²) in [6.45, 7) is 9.59. The SMILES string of the molecule is CCNc1nc(NC(CC)(CC)CC)c2ccsc2n1. The number of aromatic nitrogens is 2. The molecule has 0 saturated carbocycles. The summed E-state index contributed by atoms with van der Waals surface area (Å²) >= 11 is 1.66. The molecule has 0 spiro atoms. The summed E-state index contributed by atoms with van der Waals surface area (Å²) in [6.07, 6.45) is 3.27. The lowest BCUT2D eigenvalue weighted by atomic mass is 9.90. The van der Waals surface area contributed by atoms with Crippen molar-refractivity contribution in [3.63, 3.8) is 0 Å². The summed E-state index contributed by atoms with van der Waals surface area (Å²) in [4.78, 5) is 10.3. The second-order valence-electron chi connectivity index (χ2n) is 5.03. The third-order valence-electron chi connectivity index (χ3n) is 4.07. The maximum Gasteiger partial charge on any atom is 0.226 e.